The maximum Gasteiger partial charge on any atom is 0.269 e. The lowest BCUT2D eigenvalue weighted by atomic mass is 10.1. The predicted molar refractivity (Wildman–Crippen MR) is 104 cm³/mol. The Morgan fingerprint density at radius 3 is 2.21 bits per heavy atom. The Labute approximate surface area is 167 Å². The summed E-state index contributed by atoms with van der Waals surface area (Å²) in [5.41, 5.74) is 0.559. The Morgan fingerprint density at radius 2 is 1.64 bits per heavy atom. The first-order chi connectivity index (χ1) is 13.3. The van der Waals surface area contributed by atoms with Gasteiger partial charge in [-0.3, -0.25) is 14.9 Å². The molecule has 1 saturated heterocycles. The van der Waals surface area contributed by atoms with Gasteiger partial charge >= 0.3 is 0 Å². The molecule has 28 heavy (non-hydrogen) atoms. The van der Waals surface area contributed by atoms with Crippen molar-refractivity contribution in [3.05, 3.63) is 69.2 Å². The van der Waals surface area contributed by atoms with Crippen LogP contribution >= 0.6 is 11.6 Å². The molecule has 1 fully saturated rings. The van der Waals surface area contributed by atoms with Gasteiger partial charge in [-0.2, -0.15) is 4.31 Å². The minimum absolute atomic E-state index is 0.00561. The number of nitrogens with zero attached hydrogens (tertiary/aromatic N) is 3. The minimum Gasteiger partial charge on any atom is -0.340 e. The zero-order valence-electron chi connectivity index (χ0n) is 14.8. The van der Waals surface area contributed by atoms with Gasteiger partial charge in [0.1, 0.15) is 0 Å². The number of rotatable bonds is 5. The number of carbonyl (C=O) groups is 1. The Kier molecular flexibility index (Phi) is 5.97. The summed E-state index contributed by atoms with van der Waals surface area (Å²) in [6.45, 7) is 0.867. The normalized spacial score (nSPS) is 15.4. The van der Waals surface area contributed by atoms with Crippen LogP contribution in [0.15, 0.2) is 53.4 Å². The van der Waals surface area contributed by atoms with Crippen LogP contribution in [-0.2, 0) is 21.2 Å². The molecule has 0 spiro atoms. The Hall–Kier alpha value is -2.49. The highest BCUT2D eigenvalue weighted by atomic mass is 35.5. The largest absolute Gasteiger partial charge is 0.340 e. The second-order valence-corrected chi connectivity index (χ2v) is 8.65. The molecular formula is C18H18ClN3O5S. The summed E-state index contributed by atoms with van der Waals surface area (Å²) in [4.78, 5) is 24.2. The van der Waals surface area contributed by atoms with Crippen molar-refractivity contribution in [1.82, 2.24) is 9.21 Å². The Balaban J connectivity index is 1.63. The van der Waals surface area contributed by atoms with Crippen LogP contribution in [0, 0.1) is 10.1 Å². The van der Waals surface area contributed by atoms with E-state index < -0.39 is 14.9 Å². The summed E-state index contributed by atoms with van der Waals surface area (Å²) >= 11 is 6.09. The molecule has 8 nitrogen and oxygen atoms in total. The summed E-state index contributed by atoms with van der Waals surface area (Å²) in [5.74, 6) is -0.111. The third kappa shape index (κ3) is 4.32. The number of halogens is 1. The van der Waals surface area contributed by atoms with Gasteiger partial charge in [0.2, 0.25) is 15.9 Å². The molecule has 1 amide bonds. The van der Waals surface area contributed by atoms with Crippen molar-refractivity contribution in [1.29, 1.82) is 0 Å². The Bertz CT molecular complexity index is 987. The average Bonchev–Trinajstić information content (AvgIpc) is 2.70. The molecular weight excluding hydrogens is 406 g/mol. The molecule has 10 heteroatoms. The molecule has 0 radical (unpaired) electrons. The van der Waals surface area contributed by atoms with Gasteiger partial charge in [0, 0.05) is 43.3 Å². The molecule has 3 rings (SSSR count). The number of piperazine rings is 1. The first kappa shape index (κ1) is 20.2. The second kappa shape index (κ2) is 8.26. The number of carbonyl (C=O) groups excluding carboxylic acids is 1. The molecule has 1 heterocycles. The van der Waals surface area contributed by atoms with Crippen molar-refractivity contribution in [2.45, 2.75) is 11.3 Å². The number of hydrogen-bond acceptors (Lipinski definition) is 5. The molecule has 0 aliphatic carbocycles. The highest BCUT2D eigenvalue weighted by Crippen LogP contribution is 2.21. The fraction of sp³-hybridized carbons (Fsp3) is 0.278. The quantitative estimate of drug-likeness (QED) is 0.542. The van der Waals surface area contributed by atoms with Gasteiger partial charge in [-0.05, 0) is 23.8 Å². The smallest absolute Gasteiger partial charge is 0.269 e. The summed E-state index contributed by atoms with van der Waals surface area (Å²) in [7, 11) is -3.77. The number of benzene rings is 2. The zero-order valence-corrected chi connectivity index (χ0v) is 16.4. The number of nitro groups is 1. The van der Waals surface area contributed by atoms with Gasteiger partial charge in [-0.15, -0.1) is 0 Å². The van der Waals surface area contributed by atoms with Gasteiger partial charge in [0.25, 0.3) is 5.69 Å². The molecule has 1 aliphatic heterocycles. The first-order valence-corrected chi connectivity index (χ1v) is 10.4. The van der Waals surface area contributed by atoms with E-state index >= 15 is 0 Å². The number of non-ortho nitro benzene ring substituents is 1. The summed E-state index contributed by atoms with van der Waals surface area (Å²) in [5, 5.41) is 11.2. The molecule has 2 aromatic rings. The molecule has 0 unspecified atom stereocenters. The molecule has 0 atom stereocenters. The maximum absolute atomic E-state index is 12.7. The Morgan fingerprint density at radius 1 is 1.04 bits per heavy atom. The lowest BCUT2D eigenvalue weighted by Gasteiger charge is -2.34. The molecule has 0 N–H and O–H groups in total. The van der Waals surface area contributed by atoms with E-state index in [9.17, 15) is 23.3 Å². The van der Waals surface area contributed by atoms with Crippen molar-refractivity contribution >= 4 is 33.2 Å². The predicted octanol–water partition coefficient (Wildman–Crippen LogP) is 2.32. The summed E-state index contributed by atoms with van der Waals surface area (Å²) < 4.78 is 26.7. The molecule has 2 aromatic carbocycles. The van der Waals surface area contributed by atoms with E-state index in [2.05, 4.69) is 0 Å². The van der Waals surface area contributed by atoms with Crippen LogP contribution in [-0.4, -0.2) is 54.6 Å². The van der Waals surface area contributed by atoms with Crippen molar-refractivity contribution in [3.63, 3.8) is 0 Å². The van der Waals surface area contributed by atoms with E-state index in [1.165, 1.54) is 16.4 Å². The van der Waals surface area contributed by atoms with Crippen molar-refractivity contribution in [3.8, 4) is 0 Å². The van der Waals surface area contributed by atoms with Gasteiger partial charge in [-0.1, -0.05) is 29.8 Å². The third-order valence-corrected chi connectivity index (χ3v) is 6.86. The van der Waals surface area contributed by atoms with E-state index in [1.807, 2.05) is 6.07 Å². The highest BCUT2D eigenvalue weighted by molar-refractivity contribution is 7.89. The maximum atomic E-state index is 12.7. The van der Waals surface area contributed by atoms with Crippen LogP contribution in [0.2, 0.25) is 5.02 Å². The van der Waals surface area contributed by atoms with E-state index in [0.29, 0.717) is 5.02 Å². The van der Waals surface area contributed by atoms with E-state index in [0.717, 1.165) is 17.7 Å². The number of nitro benzene ring substituents is 1. The number of amides is 1. The molecule has 0 aromatic heterocycles. The van der Waals surface area contributed by atoms with Crippen LogP contribution in [0.5, 0.6) is 0 Å². The standard InChI is InChI=1S/C18H18ClN3O5S/c19-17-4-2-1-3-14(17)13-18(23)20-9-11-21(12-10-20)28(26,27)16-7-5-15(6-8-16)22(24)25/h1-8H,9-13H2. The van der Waals surface area contributed by atoms with Crippen LogP contribution < -0.4 is 0 Å². The fourth-order valence-corrected chi connectivity index (χ4v) is 4.61. The van der Waals surface area contributed by atoms with E-state index in [4.69, 9.17) is 11.6 Å². The summed E-state index contributed by atoms with van der Waals surface area (Å²) in [6, 6.07) is 11.9. The zero-order chi connectivity index (χ0) is 20.3. The number of hydrogen-bond donors (Lipinski definition) is 0. The van der Waals surface area contributed by atoms with Crippen LogP contribution in [0.4, 0.5) is 5.69 Å². The van der Waals surface area contributed by atoms with Crippen LogP contribution in [0.25, 0.3) is 0 Å². The lowest BCUT2D eigenvalue weighted by molar-refractivity contribution is -0.384. The average molecular weight is 424 g/mol. The SMILES string of the molecule is O=C(Cc1ccccc1Cl)N1CCN(S(=O)(=O)c2ccc([N+](=O)[O-])cc2)CC1. The second-order valence-electron chi connectivity index (χ2n) is 6.30. The molecule has 1 aliphatic rings. The van der Waals surface area contributed by atoms with Crippen molar-refractivity contribution < 1.29 is 18.1 Å². The van der Waals surface area contributed by atoms with Crippen LogP contribution in [0.3, 0.4) is 0 Å². The highest BCUT2D eigenvalue weighted by Gasteiger charge is 2.30. The molecule has 148 valence electrons. The van der Waals surface area contributed by atoms with Gasteiger partial charge < -0.3 is 4.90 Å². The fourth-order valence-electron chi connectivity index (χ4n) is 2.98. The molecule has 0 saturated carbocycles. The van der Waals surface area contributed by atoms with E-state index in [1.54, 1.807) is 23.1 Å². The topological polar surface area (TPSA) is 101 Å². The van der Waals surface area contributed by atoms with Gasteiger partial charge in [0.15, 0.2) is 0 Å². The van der Waals surface area contributed by atoms with Gasteiger partial charge in [0.05, 0.1) is 16.2 Å². The van der Waals surface area contributed by atoms with Gasteiger partial charge in [-0.25, -0.2) is 8.42 Å². The van der Waals surface area contributed by atoms with Crippen LogP contribution in [0.1, 0.15) is 5.56 Å². The minimum atomic E-state index is -3.77. The molecule has 0 bridgehead atoms. The summed E-state index contributed by atoms with van der Waals surface area (Å²) in [6.07, 6.45) is 0.161. The monoisotopic (exact) mass is 423 g/mol. The van der Waals surface area contributed by atoms with Crippen molar-refractivity contribution in [2.75, 3.05) is 26.2 Å². The third-order valence-electron chi connectivity index (χ3n) is 4.58. The van der Waals surface area contributed by atoms with Crippen molar-refractivity contribution in [2.24, 2.45) is 0 Å². The first-order valence-electron chi connectivity index (χ1n) is 8.55. The number of sulfonamides is 1. The van der Waals surface area contributed by atoms with E-state index in [-0.39, 0.29) is 49.1 Å². The lowest BCUT2D eigenvalue weighted by Crippen LogP contribution is -2.50.